The molecule has 4 aromatic heterocycles. The molecule has 1 atom stereocenters. The molecule has 1 N–H and O–H groups in total. The second-order valence-corrected chi connectivity index (χ2v) is 9.84. The van der Waals surface area contributed by atoms with Gasteiger partial charge in [0.2, 0.25) is 5.95 Å². The molecule has 5 heterocycles. The van der Waals surface area contributed by atoms with Crippen molar-refractivity contribution in [2.45, 2.75) is 12.5 Å². The first-order chi connectivity index (χ1) is 18.3. The fourth-order valence-corrected chi connectivity index (χ4v) is 5.08. The average molecular weight is 534 g/mol. The summed E-state index contributed by atoms with van der Waals surface area (Å²) in [6, 6.07) is 5.77. The predicted molar refractivity (Wildman–Crippen MR) is 142 cm³/mol. The Morgan fingerprint density at radius 2 is 1.58 bits per heavy atom. The minimum absolute atomic E-state index is 0.355. The van der Waals surface area contributed by atoms with Crippen molar-refractivity contribution in [3.8, 4) is 11.1 Å². The Morgan fingerprint density at radius 1 is 0.895 bits per heavy atom. The van der Waals surface area contributed by atoms with Gasteiger partial charge in [0, 0.05) is 74.7 Å². The number of rotatable bonds is 5. The molecule has 0 aliphatic carbocycles. The molecule has 0 unspecified atom stereocenters. The molecule has 0 bridgehead atoms. The van der Waals surface area contributed by atoms with Gasteiger partial charge in [-0.15, -0.1) is 0 Å². The van der Waals surface area contributed by atoms with Crippen LogP contribution in [-0.4, -0.2) is 65.6 Å². The highest BCUT2D eigenvalue weighted by Crippen LogP contribution is 2.36. The Kier molecular flexibility index (Phi) is 5.96. The van der Waals surface area contributed by atoms with E-state index in [1.165, 1.54) is 18.5 Å². The molecule has 5 aromatic rings. The molecule has 1 aliphatic rings. The van der Waals surface area contributed by atoms with Crippen LogP contribution in [0.2, 0.25) is 5.02 Å². The van der Waals surface area contributed by atoms with Crippen LogP contribution in [0, 0.1) is 5.82 Å². The van der Waals surface area contributed by atoms with E-state index < -0.39 is 5.60 Å². The summed E-state index contributed by atoms with van der Waals surface area (Å²) in [6.07, 6.45) is 10.4. The van der Waals surface area contributed by atoms with Gasteiger partial charge in [-0.2, -0.15) is 10.2 Å². The number of hydrogen-bond donors (Lipinski definition) is 1. The van der Waals surface area contributed by atoms with Gasteiger partial charge in [-0.3, -0.25) is 4.68 Å². The zero-order valence-corrected chi connectivity index (χ0v) is 21.6. The summed E-state index contributed by atoms with van der Waals surface area (Å²) < 4.78 is 16.8. The molecular weight excluding hydrogens is 509 g/mol. The van der Waals surface area contributed by atoms with Crippen molar-refractivity contribution in [2.75, 3.05) is 36.0 Å². The lowest BCUT2D eigenvalue weighted by Crippen LogP contribution is -2.47. The summed E-state index contributed by atoms with van der Waals surface area (Å²) in [5, 5.41) is 20.2. The molecule has 1 fully saturated rings. The van der Waals surface area contributed by atoms with Gasteiger partial charge < -0.3 is 14.9 Å². The Balaban J connectivity index is 1.19. The first-order valence-electron chi connectivity index (χ1n) is 12.1. The van der Waals surface area contributed by atoms with Crippen molar-refractivity contribution in [1.82, 2.24) is 34.3 Å². The van der Waals surface area contributed by atoms with Gasteiger partial charge in [0.05, 0.1) is 11.2 Å². The minimum atomic E-state index is -1.34. The molecule has 1 aromatic carbocycles. The molecule has 0 saturated carbocycles. The molecular formula is C26H25ClFN9O. The molecule has 10 nitrogen and oxygen atoms in total. The van der Waals surface area contributed by atoms with Gasteiger partial charge in [0.1, 0.15) is 23.3 Å². The normalized spacial score (nSPS) is 15.7. The Bertz CT molecular complexity index is 1590. The van der Waals surface area contributed by atoms with Crippen LogP contribution in [0.1, 0.15) is 18.1 Å². The Hall–Kier alpha value is -4.09. The zero-order chi connectivity index (χ0) is 26.4. The number of hydrogen-bond acceptors (Lipinski definition) is 8. The number of fused-ring (bicyclic) bond motifs is 1. The van der Waals surface area contributed by atoms with Crippen molar-refractivity contribution < 1.29 is 9.50 Å². The van der Waals surface area contributed by atoms with Gasteiger partial charge in [-0.1, -0.05) is 23.7 Å². The third kappa shape index (κ3) is 4.23. The van der Waals surface area contributed by atoms with Crippen LogP contribution < -0.4 is 9.80 Å². The molecule has 12 heteroatoms. The van der Waals surface area contributed by atoms with E-state index in [0.29, 0.717) is 48.3 Å². The lowest BCUT2D eigenvalue weighted by molar-refractivity contribution is 0.101. The second kappa shape index (κ2) is 9.34. The van der Waals surface area contributed by atoms with Gasteiger partial charge in [0.15, 0.2) is 5.82 Å². The molecule has 1 aliphatic heterocycles. The van der Waals surface area contributed by atoms with Gasteiger partial charge in [-0.05, 0) is 24.6 Å². The molecule has 0 amide bonds. The zero-order valence-electron chi connectivity index (χ0n) is 20.8. The summed E-state index contributed by atoms with van der Waals surface area (Å²) in [4.78, 5) is 17.9. The molecule has 0 radical (unpaired) electrons. The van der Waals surface area contributed by atoms with E-state index in [0.717, 1.165) is 22.5 Å². The van der Waals surface area contributed by atoms with Crippen molar-refractivity contribution >= 4 is 28.9 Å². The van der Waals surface area contributed by atoms with Crippen LogP contribution >= 0.6 is 11.6 Å². The predicted octanol–water partition coefficient (Wildman–Crippen LogP) is 3.29. The maximum atomic E-state index is 13.3. The Labute approximate surface area is 223 Å². The summed E-state index contributed by atoms with van der Waals surface area (Å²) in [7, 11) is 1.86. The number of nitrogens with zero attached hydrogens (tertiary/aromatic N) is 9. The third-order valence-electron chi connectivity index (χ3n) is 6.98. The topological polar surface area (TPSA) is 101 Å². The minimum Gasteiger partial charge on any atom is -0.381 e. The van der Waals surface area contributed by atoms with Gasteiger partial charge in [-0.25, -0.2) is 23.9 Å². The largest absolute Gasteiger partial charge is 0.381 e. The van der Waals surface area contributed by atoms with Crippen molar-refractivity contribution in [1.29, 1.82) is 0 Å². The highest BCUT2D eigenvalue weighted by atomic mass is 35.5. The standard InChI is InChI=1S/C26H25ClFN9O/c1-26(38,18-3-5-20(28)6-4-18)19-12-29-25(30-13-19)36-9-7-35(8-10-36)24-23-22(27)21(15-37(23)33-16-31-24)17-11-32-34(2)14-17/h3-6,11-16,38H,7-10H2,1-2H3/t26-/m0/s1. The molecule has 194 valence electrons. The van der Waals surface area contributed by atoms with Gasteiger partial charge in [0.25, 0.3) is 0 Å². The monoisotopic (exact) mass is 533 g/mol. The molecule has 1 saturated heterocycles. The highest BCUT2D eigenvalue weighted by molar-refractivity contribution is 6.37. The summed E-state index contributed by atoms with van der Waals surface area (Å²) in [5.74, 6) is 0.994. The van der Waals surface area contributed by atoms with Crippen LogP contribution in [0.5, 0.6) is 0 Å². The van der Waals surface area contributed by atoms with Gasteiger partial charge >= 0.3 is 0 Å². The fourth-order valence-electron chi connectivity index (χ4n) is 4.75. The number of aromatic nitrogens is 7. The average Bonchev–Trinajstić information content (AvgIpc) is 3.52. The molecule has 38 heavy (non-hydrogen) atoms. The molecule has 0 spiro atoms. The number of aliphatic hydroxyl groups is 1. The fraction of sp³-hybridized carbons (Fsp3) is 0.269. The summed E-state index contributed by atoms with van der Waals surface area (Å²) >= 11 is 6.82. The summed E-state index contributed by atoms with van der Waals surface area (Å²) in [5.41, 5.74) is 2.28. The van der Waals surface area contributed by atoms with Crippen LogP contribution in [-0.2, 0) is 12.6 Å². The lowest BCUT2D eigenvalue weighted by atomic mass is 9.90. The SMILES string of the molecule is Cn1cc(-c2cn3ncnc(N4CCN(c5ncc([C@@](C)(O)c6ccc(F)cc6)cn5)CC4)c3c2Cl)cn1. The first-order valence-corrected chi connectivity index (χ1v) is 12.5. The number of aryl methyl sites for hydroxylation is 1. The van der Waals surface area contributed by atoms with Crippen molar-refractivity contribution in [2.24, 2.45) is 7.05 Å². The van der Waals surface area contributed by atoms with E-state index in [4.69, 9.17) is 11.6 Å². The van der Waals surface area contributed by atoms with Crippen LogP contribution in [0.15, 0.2) is 61.6 Å². The van der Waals surface area contributed by atoms with Crippen LogP contribution in [0.4, 0.5) is 16.2 Å². The Morgan fingerprint density at radius 3 is 2.24 bits per heavy atom. The molecule has 6 rings (SSSR count). The number of benzene rings is 1. The summed E-state index contributed by atoms with van der Waals surface area (Å²) in [6.45, 7) is 4.38. The number of anilines is 2. The third-order valence-corrected chi connectivity index (χ3v) is 7.36. The second-order valence-electron chi connectivity index (χ2n) is 9.46. The van der Waals surface area contributed by atoms with Crippen molar-refractivity contribution in [3.05, 3.63) is 83.5 Å². The maximum absolute atomic E-state index is 13.3. The number of halogens is 2. The van der Waals surface area contributed by atoms with Crippen molar-refractivity contribution in [3.63, 3.8) is 0 Å². The quantitative estimate of drug-likeness (QED) is 0.367. The number of piperazine rings is 1. The maximum Gasteiger partial charge on any atom is 0.225 e. The van der Waals surface area contributed by atoms with E-state index in [1.54, 1.807) is 46.8 Å². The highest BCUT2D eigenvalue weighted by Gasteiger charge is 2.28. The smallest absolute Gasteiger partial charge is 0.225 e. The van der Waals surface area contributed by atoms with E-state index in [2.05, 4.69) is 34.9 Å². The lowest BCUT2D eigenvalue weighted by Gasteiger charge is -2.35. The van der Waals surface area contributed by atoms with E-state index in [1.807, 2.05) is 19.4 Å². The van der Waals surface area contributed by atoms with E-state index in [-0.39, 0.29) is 5.82 Å². The van der Waals surface area contributed by atoms with E-state index in [9.17, 15) is 9.50 Å². The van der Waals surface area contributed by atoms with Crippen LogP contribution in [0.3, 0.4) is 0 Å². The first kappa shape index (κ1) is 24.3. The van der Waals surface area contributed by atoms with Crippen LogP contribution in [0.25, 0.3) is 16.6 Å². The van der Waals surface area contributed by atoms with E-state index >= 15 is 0 Å².